The minimum absolute atomic E-state index is 0.195. The number of hydrogen-bond acceptors (Lipinski definition) is 6. The molecule has 0 bridgehead atoms. The lowest BCUT2D eigenvalue weighted by molar-refractivity contribution is -0.0460. The van der Waals surface area contributed by atoms with Crippen molar-refractivity contribution in [3.05, 3.63) is 58.4 Å². The van der Waals surface area contributed by atoms with Crippen LogP contribution in [0, 0.1) is 0 Å². The smallest absolute Gasteiger partial charge is 0.160 e. The highest BCUT2D eigenvalue weighted by atomic mass is 32.1. The summed E-state index contributed by atoms with van der Waals surface area (Å²) in [6.45, 7) is 1.83. The zero-order valence-corrected chi connectivity index (χ0v) is 15.4. The summed E-state index contributed by atoms with van der Waals surface area (Å²) in [5.74, 6) is 2.31. The van der Waals surface area contributed by atoms with Crippen LogP contribution in [0.15, 0.2) is 41.9 Å². The molecule has 7 heteroatoms. The van der Waals surface area contributed by atoms with Gasteiger partial charge in [-0.15, -0.1) is 16.4 Å². The Morgan fingerprint density at radius 1 is 1.23 bits per heavy atom. The third-order valence-corrected chi connectivity index (χ3v) is 5.18. The molecule has 26 heavy (non-hydrogen) atoms. The number of pyridine rings is 1. The van der Waals surface area contributed by atoms with Crippen molar-refractivity contribution in [2.45, 2.75) is 38.4 Å². The van der Waals surface area contributed by atoms with Gasteiger partial charge in [0.2, 0.25) is 0 Å². The molecular formula is C19H22N4O2S. The first-order chi connectivity index (χ1) is 12.9. The Kier molecular flexibility index (Phi) is 5.68. The molecule has 0 spiro atoms. The molecule has 1 fully saturated rings. The summed E-state index contributed by atoms with van der Waals surface area (Å²) in [6, 6.07) is 9.91. The molecule has 0 radical (unpaired) electrons. The normalized spacial score (nSPS) is 17.5. The molecule has 0 saturated carbocycles. The van der Waals surface area contributed by atoms with Gasteiger partial charge >= 0.3 is 0 Å². The number of nitrogens with zero attached hydrogens (tertiary/aromatic N) is 4. The van der Waals surface area contributed by atoms with Gasteiger partial charge in [-0.2, -0.15) is 4.68 Å². The maximum atomic E-state index is 5.90. The molecule has 136 valence electrons. The number of hydrogen-bond donors (Lipinski definition) is 0. The summed E-state index contributed by atoms with van der Waals surface area (Å²) in [5, 5.41) is 6.73. The lowest BCUT2D eigenvalue weighted by Crippen LogP contribution is -2.24. The van der Waals surface area contributed by atoms with Gasteiger partial charge in [0.05, 0.1) is 12.7 Å². The van der Waals surface area contributed by atoms with Crippen molar-refractivity contribution in [3.63, 3.8) is 0 Å². The van der Waals surface area contributed by atoms with Crippen molar-refractivity contribution in [2.75, 3.05) is 13.2 Å². The number of aromatic nitrogens is 4. The zero-order chi connectivity index (χ0) is 17.6. The second kappa shape index (κ2) is 8.53. The lowest BCUT2D eigenvalue weighted by atomic mass is 10.1. The molecule has 0 amide bonds. The molecule has 0 aliphatic carbocycles. The first-order valence-electron chi connectivity index (χ1n) is 8.96. The van der Waals surface area contributed by atoms with E-state index in [-0.39, 0.29) is 6.10 Å². The van der Waals surface area contributed by atoms with E-state index in [2.05, 4.69) is 21.5 Å². The van der Waals surface area contributed by atoms with Gasteiger partial charge in [-0.25, -0.2) is 9.97 Å². The Hall–Kier alpha value is -2.09. The molecule has 1 saturated heterocycles. The first kappa shape index (κ1) is 17.3. The molecular weight excluding hydrogens is 348 g/mol. The van der Waals surface area contributed by atoms with E-state index in [1.807, 2.05) is 24.3 Å². The SMILES string of the molecule is c1ccc(-n2nc(Cc3cccs3)nc2COC[C@H]2CCCCO2)nc1. The van der Waals surface area contributed by atoms with E-state index in [9.17, 15) is 0 Å². The fourth-order valence-electron chi connectivity index (χ4n) is 3.01. The highest BCUT2D eigenvalue weighted by Crippen LogP contribution is 2.16. The van der Waals surface area contributed by atoms with Crippen molar-refractivity contribution in [1.82, 2.24) is 19.7 Å². The zero-order valence-electron chi connectivity index (χ0n) is 14.6. The van der Waals surface area contributed by atoms with Crippen molar-refractivity contribution in [1.29, 1.82) is 0 Å². The monoisotopic (exact) mass is 370 g/mol. The van der Waals surface area contributed by atoms with Crippen molar-refractivity contribution >= 4 is 11.3 Å². The standard InChI is InChI=1S/C19H22N4O2S/c1-3-9-20-18(8-1)23-19(14-24-13-15-6-2-4-10-25-15)21-17(22-23)12-16-7-5-11-26-16/h1,3,5,7-9,11,15H,2,4,6,10,12-14H2/t15-/m1/s1. The predicted octanol–water partition coefficient (Wildman–Crippen LogP) is 3.40. The van der Waals surface area contributed by atoms with Crippen molar-refractivity contribution in [3.8, 4) is 5.82 Å². The Labute approximate surface area is 156 Å². The first-order valence-corrected chi connectivity index (χ1v) is 9.84. The third-order valence-electron chi connectivity index (χ3n) is 4.31. The van der Waals surface area contributed by atoms with Crippen LogP contribution in [0.2, 0.25) is 0 Å². The van der Waals surface area contributed by atoms with Gasteiger partial charge in [-0.05, 0) is 42.8 Å². The molecule has 1 atom stereocenters. The molecule has 3 aromatic heterocycles. The van der Waals surface area contributed by atoms with Gasteiger partial charge in [0, 0.05) is 24.1 Å². The van der Waals surface area contributed by atoms with Gasteiger partial charge in [0.15, 0.2) is 17.5 Å². The molecule has 3 aromatic rings. The number of ether oxygens (including phenoxy) is 2. The Bertz CT molecular complexity index is 798. The highest BCUT2D eigenvalue weighted by molar-refractivity contribution is 7.09. The van der Waals surface area contributed by atoms with E-state index in [0.717, 1.165) is 43.3 Å². The van der Waals surface area contributed by atoms with E-state index in [1.54, 1.807) is 22.2 Å². The molecule has 0 N–H and O–H groups in total. The van der Waals surface area contributed by atoms with Crippen molar-refractivity contribution in [2.24, 2.45) is 0 Å². The predicted molar refractivity (Wildman–Crippen MR) is 99.5 cm³/mol. The van der Waals surface area contributed by atoms with Crippen LogP contribution in [0.25, 0.3) is 5.82 Å². The second-order valence-electron chi connectivity index (χ2n) is 6.30. The summed E-state index contributed by atoms with van der Waals surface area (Å²) in [4.78, 5) is 10.3. The van der Waals surface area contributed by atoms with Gasteiger partial charge < -0.3 is 9.47 Å². The van der Waals surface area contributed by atoms with E-state index >= 15 is 0 Å². The summed E-state index contributed by atoms with van der Waals surface area (Å²) in [7, 11) is 0. The molecule has 4 rings (SSSR count). The fraction of sp³-hybridized carbons (Fsp3) is 0.421. The van der Waals surface area contributed by atoms with E-state index in [0.29, 0.717) is 13.2 Å². The molecule has 1 aliphatic heterocycles. The van der Waals surface area contributed by atoms with Crippen LogP contribution >= 0.6 is 11.3 Å². The minimum atomic E-state index is 0.195. The van der Waals surface area contributed by atoms with Gasteiger partial charge in [0.25, 0.3) is 0 Å². The average molecular weight is 370 g/mol. The van der Waals surface area contributed by atoms with Gasteiger partial charge in [-0.3, -0.25) is 0 Å². The minimum Gasteiger partial charge on any atom is -0.376 e. The Morgan fingerprint density at radius 2 is 2.23 bits per heavy atom. The Balaban J connectivity index is 1.48. The quantitative estimate of drug-likeness (QED) is 0.638. The highest BCUT2D eigenvalue weighted by Gasteiger charge is 2.17. The van der Waals surface area contributed by atoms with E-state index in [1.165, 1.54) is 11.3 Å². The van der Waals surface area contributed by atoms with Crippen LogP contribution in [0.3, 0.4) is 0 Å². The van der Waals surface area contributed by atoms with Gasteiger partial charge in [-0.1, -0.05) is 12.1 Å². The summed E-state index contributed by atoms with van der Waals surface area (Å²) < 4.78 is 13.4. The van der Waals surface area contributed by atoms with E-state index < -0.39 is 0 Å². The molecule has 4 heterocycles. The maximum absolute atomic E-state index is 5.90. The van der Waals surface area contributed by atoms with Crippen LogP contribution in [0.4, 0.5) is 0 Å². The molecule has 1 aliphatic rings. The van der Waals surface area contributed by atoms with Crippen LogP contribution in [0.5, 0.6) is 0 Å². The molecule has 0 aromatic carbocycles. The number of thiophene rings is 1. The topological polar surface area (TPSA) is 62.1 Å². The van der Waals surface area contributed by atoms with Crippen LogP contribution < -0.4 is 0 Å². The maximum Gasteiger partial charge on any atom is 0.160 e. The molecule has 0 unspecified atom stereocenters. The fourth-order valence-corrected chi connectivity index (χ4v) is 3.71. The lowest BCUT2D eigenvalue weighted by Gasteiger charge is -2.22. The summed E-state index contributed by atoms with van der Waals surface area (Å²) in [5.41, 5.74) is 0. The number of rotatable bonds is 7. The summed E-state index contributed by atoms with van der Waals surface area (Å²) >= 11 is 1.71. The molecule has 6 nitrogen and oxygen atoms in total. The van der Waals surface area contributed by atoms with Crippen LogP contribution in [0.1, 0.15) is 35.8 Å². The van der Waals surface area contributed by atoms with Gasteiger partial charge in [0.1, 0.15) is 6.61 Å². The van der Waals surface area contributed by atoms with Crippen LogP contribution in [-0.2, 0) is 22.5 Å². The second-order valence-corrected chi connectivity index (χ2v) is 7.34. The Morgan fingerprint density at radius 3 is 3.00 bits per heavy atom. The average Bonchev–Trinajstić information content (AvgIpc) is 3.34. The summed E-state index contributed by atoms with van der Waals surface area (Å²) in [6.07, 6.45) is 6.10. The third kappa shape index (κ3) is 4.35. The largest absolute Gasteiger partial charge is 0.376 e. The van der Waals surface area contributed by atoms with Crippen LogP contribution in [-0.4, -0.2) is 39.1 Å². The van der Waals surface area contributed by atoms with E-state index in [4.69, 9.17) is 14.5 Å². The van der Waals surface area contributed by atoms with Crippen molar-refractivity contribution < 1.29 is 9.47 Å².